The number of hydrogen-bond acceptors (Lipinski definition) is 2. The summed E-state index contributed by atoms with van der Waals surface area (Å²) in [7, 11) is 0. The van der Waals surface area contributed by atoms with E-state index in [1.54, 1.807) is 0 Å². The van der Waals surface area contributed by atoms with Crippen LogP contribution in [-0.4, -0.2) is 54.4 Å². The van der Waals surface area contributed by atoms with Crippen molar-refractivity contribution < 1.29 is 0 Å². The molecule has 1 saturated heterocycles. The third-order valence-corrected chi connectivity index (χ3v) is 3.42. The number of unbranched alkanes of at least 4 members (excludes halogenated alkanes) is 1. The average molecular weight is 263 g/mol. The van der Waals surface area contributed by atoms with Gasteiger partial charge in [-0.15, -0.1) is 0 Å². The number of nitrogens with zero attached hydrogens (tertiary/aromatic N) is 2. The fourth-order valence-corrected chi connectivity index (χ4v) is 2.38. The summed E-state index contributed by atoms with van der Waals surface area (Å²) in [5.74, 6) is 0. The zero-order chi connectivity index (χ0) is 10.2. The molecule has 0 amide bonds. The lowest BCUT2D eigenvalue weighted by atomic mass is 10.2. The van der Waals surface area contributed by atoms with E-state index in [0.717, 1.165) is 5.33 Å². The highest BCUT2D eigenvalue weighted by Gasteiger charge is 2.14. The first-order valence-corrected chi connectivity index (χ1v) is 6.99. The normalized spacial score (nSPS) is 20.1. The van der Waals surface area contributed by atoms with Crippen molar-refractivity contribution in [2.75, 3.05) is 44.6 Å². The van der Waals surface area contributed by atoms with Crippen LogP contribution in [0.4, 0.5) is 0 Å². The number of alkyl halides is 1. The molecule has 3 heteroatoms. The van der Waals surface area contributed by atoms with E-state index in [9.17, 15) is 0 Å². The first kappa shape index (κ1) is 12.5. The maximum absolute atomic E-state index is 3.48. The Labute approximate surface area is 96.8 Å². The van der Waals surface area contributed by atoms with Crippen molar-refractivity contribution in [3.05, 3.63) is 0 Å². The molecule has 2 nitrogen and oxygen atoms in total. The molecule has 0 unspecified atom stereocenters. The number of halogens is 1. The quantitative estimate of drug-likeness (QED) is 0.535. The molecule has 0 saturated carbocycles. The Balaban J connectivity index is 2.03. The highest BCUT2D eigenvalue weighted by Crippen LogP contribution is 2.04. The third-order valence-electron chi connectivity index (χ3n) is 2.86. The van der Waals surface area contributed by atoms with Crippen molar-refractivity contribution in [1.29, 1.82) is 0 Å². The molecule has 0 atom stereocenters. The number of hydrogen-bond donors (Lipinski definition) is 0. The van der Waals surface area contributed by atoms with E-state index < -0.39 is 0 Å². The summed E-state index contributed by atoms with van der Waals surface area (Å²) in [5, 5.41) is 1.16. The summed E-state index contributed by atoms with van der Waals surface area (Å²) in [5.41, 5.74) is 0. The van der Waals surface area contributed by atoms with Gasteiger partial charge in [-0.25, -0.2) is 0 Å². The van der Waals surface area contributed by atoms with Gasteiger partial charge in [-0.1, -0.05) is 22.9 Å². The van der Waals surface area contributed by atoms with Crippen LogP contribution in [0.1, 0.15) is 26.2 Å². The van der Waals surface area contributed by atoms with E-state index in [1.165, 1.54) is 58.5 Å². The molecule has 1 fully saturated rings. The molecular formula is C11H23BrN2. The van der Waals surface area contributed by atoms with Crippen molar-refractivity contribution in [2.45, 2.75) is 26.2 Å². The average Bonchev–Trinajstić information content (AvgIpc) is 2.21. The molecule has 0 N–H and O–H groups in total. The zero-order valence-corrected chi connectivity index (χ0v) is 10.9. The van der Waals surface area contributed by atoms with Gasteiger partial charge in [-0.3, -0.25) is 0 Å². The summed E-state index contributed by atoms with van der Waals surface area (Å²) in [4.78, 5) is 5.19. The maximum Gasteiger partial charge on any atom is 0.0110 e. The van der Waals surface area contributed by atoms with Crippen molar-refractivity contribution in [3.8, 4) is 0 Å². The van der Waals surface area contributed by atoms with Crippen molar-refractivity contribution >= 4 is 15.9 Å². The second-order valence-corrected chi connectivity index (χ2v) is 4.87. The van der Waals surface area contributed by atoms with Crippen LogP contribution in [0, 0.1) is 0 Å². The summed E-state index contributed by atoms with van der Waals surface area (Å²) < 4.78 is 0. The number of rotatable bonds is 6. The van der Waals surface area contributed by atoms with E-state index in [0.29, 0.717) is 0 Å². The SMILES string of the molecule is CCCN1CCN(CCCCBr)CC1. The molecule has 84 valence electrons. The molecule has 0 aromatic rings. The zero-order valence-electron chi connectivity index (χ0n) is 9.34. The van der Waals surface area contributed by atoms with Gasteiger partial charge in [-0.2, -0.15) is 0 Å². The van der Waals surface area contributed by atoms with Gasteiger partial charge in [-0.05, 0) is 32.4 Å². The van der Waals surface area contributed by atoms with E-state index in [2.05, 4.69) is 32.7 Å². The first-order valence-electron chi connectivity index (χ1n) is 5.87. The van der Waals surface area contributed by atoms with Gasteiger partial charge < -0.3 is 9.80 Å². The molecular weight excluding hydrogens is 240 g/mol. The summed E-state index contributed by atoms with van der Waals surface area (Å²) in [6.45, 7) is 9.97. The topological polar surface area (TPSA) is 6.48 Å². The van der Waals surface area contributed by atoms with Gasteiger partial charge in [0.2, 0.25) is 0 Å². The molecule has 0 aromatic carbocycles. The Kier molecular flexibility index (Phi) is 6.82. The van der Waals surface area contributed by atoms with E-state index >= 15 is 0 Å². The van der Waals surface area contributed by atoms with Crippen LogP contribution < -0.4 is 0 Å². The minimum Gasteiger partial charge on any atom is -0.301 e. The molecule has 1 rings (SSSR count). The van der Waals surface area contributed by atoms with Crippen LogP contribution in [0.15, 0.2) is 0 Å². The third kappa shape index (κ3) is 4.76. The highest BCUT2D eigenvalue weighted by atomic mass is 79.9. The van der Waals surface area contributed by atoms with E-state index in [1.807, 2.05) is 0 Å². The fourth-order valence-electron chi connectivity index (χ4n) is 1.98. The van der Waals surface area contributed by atoms with Crippen LogP contribution >= 0.6 is 15.9 Å². The largest absolute Gasteiger partial charge is 0.301 e. The summed E-state index contributed by atoms with van der Waals surface area (Å²) >= 11 is 3.48. The molecule has 0 aromatic heterocycles. The molecule has 14 heavy (non-hydrogen) atoms. The van der Waals surface area contributed by atoms with Crippen molar-refractivity contribution in [2.24, 2.45) is 0 Å². The Hall–Kier alpha value is 0.400. The van der Waals surface area contributed by atoms with Crippen LogP contribution in [-0.2, 0) is 0 Å². The minimum absolute atomic E-state index is 1.16. The van der Waals surface area contributed by atoms with Gasteiger partial charge in [0.25, 0.3) is 0 Å². The first-order chi connectivity index (χ1) is 6.86. The standard InChI is InChI=1S/C11H23BrN2/c1-2-6-13-8-10-14(11-9-13)7-4-3-5-12/h2-11H2,1H3. The predicted molar refractivity (Wildman–Crippen MR) is 66.2 cm³/mol. The van der Waals surface area contributed by atoms with Crippen LogP contribution in [0.5, 0.6) is 0 Å². The Morgan fingerprint density at radius 1 is 0.929 bits per heavy atom. The lowest BCUT2D eigenvalue weighted by Crippen LogP contribution is -2.46. The van der Waals surface area contributed by atoms with Crippen molar-refractivity contribution in [3.63, 3.8) is 0 Å². The molecule has 0 aliphatic carbocycles. The smallest absolute Gasteiger partial charge is 0.0110 e. The Morgan fingerprint density at radius 3 is 2.00 bits per heavy atom. The van der Waals surface area contributed by atoms with Crippen LogP contribution in [0.2, 0.25) is 0 Å². The fraction of sp³-hybridized carbons (Fsp3) is 1.00. The lowest BCUT2D eigenvalue weighted by molar-refractivity contribution is 0.131. The Morgan fingerprint density at radius 2 is 1.50 bits per heavy atom. The van der Waals surface area contributed by atoms with Gasteiger partial charge in [0.15, 0.2) is 0 Å². The molecule has 0 spiro atoms. The molecule has 1 heterocycles. The van der Waals surface area contributed by atoms with Gasteiger partial charge in [0, 0.05) is 31.5 Å². The van der Waals surface area contributed by atoms with Crippen LogP contribution in [0.25, 0.3) is 0 Å². The van der Waals surface area contributed by atoms with E-state index in [4.69, 9.17) is 0 Å². The number of piperazine rings is 1. The van der Waals surface area contributed by atoms with E-state index in [-0.39, 0.29) is 0 Å². The van der Waals surface area contributed by atoms with Crippen LogP contribution in [0.3, 0.4) is 0 Å². The van der Waals surface area contributed by atoms with Gasteiger partial charge >= 0.3 is 0 Å². The monoisotopic (exact) mass is 262 g/mol. The molecule has 0 bridgehead atoms. The Bertz CT molecular complexity index is 133. The lowest BCUT2D eigenvalue weighted by Gasteiger charge is -2.34. The molecule has 1 aliphatic heterocycles. The maximum atomic E-state index is 3.48. The van der Waals surface area contributed by atoms with Gasteiger partial charge in [0.05, 0.1) is 0 Å². The predicted octanol–water partition coefficient (Wildman–Crippen LogP) is 2.19. The molecule has 0 radical (unpaired) electrons. The minimum atomic E-state index is 1.16. The summed E-state index contributed by atoms with van der Waals surface area (Å²) in [6.07, 6.45) is 3.96. The van der Waals surface area contributed by atoms with Crippen molar-refractivity contribution in [1.82, 2.24) is 9.80 Å². The summed E-state index contributed by atoms with van der Waals surface area (Å²) in [6, 6.07) is 0. The molecule has 1 aliphatic rings. The highest BCUT2D eigenvalue weighted by molar-refractivity contribution is 9.09. The second kappa shape index (κ2) is 7.66. The second-order valence-electron chi connectivity index (χ2n) is 4.08. The van der Waals surface area contributed by atoms with Gasteiger partial charge in [0.1, 0.15) is 0 Å².